The number of amides is 3. The van der Waals surface area contributed by atoms with Crippen LogP contribution in [-0.2, 0) is 14.4 Å². The molecular weight excluding hydrogens is 358 g/mol. The zero-order chi connectivity index (χ0) is 19.1. The number of nitrogens with zero attached hydrogens (tertiary/aromatic N) is 1. The third kappa shape index (κ3) is 6.55. The summed E-state index contributed by atoms with van der Waals surface area (Å²) in [7, 11) is 1.56. The molecule has 0 heterocycles. The summed E-state index contributed by atoms with van der Waals surface area (Å²) in [6.45, 7) is 1.85. The Balaban J connectivity index is 1.78. The Kier molecular flexibility index (Phi) is 7.26. The van der Waals surface area contributed by atoms with Crippen molar-refractivity contribution in [3.63, 3.8) is 0 Å². The highest BCUT2D eigenvalue weighted by molar-refractivity contribution is 6.30. The van der Waals surface area contributed by atoms with Gasteiger partial charge in [0.05, 0.1) is 20.2 Å². The summed E-state index contributed by atoms with van der Waals surface area (Å²) < 4.78 is 5.05. The van der Waals surface area contributed by atoms with Gasteiger partial charge in [0.15, 0.2) is 0 Å². The Morgan fingerprint density at radius 2 is 1.88 bits per heavy atom. The molecule has 0 radical (unpaired) electrons. The lowest BCUT2D eigenvalue weighted by molar-refractivity contribution is -0.136. The van der Waals surface area contributed by atoms with E-state index in [0.29, 0.717) is 23.9 Å². The van der Waals surface area contributed by atoms with E-state index in [1.165, 1.54) is 4.90 Å². The molecule has 0 aliphatic heterocycles. The van der Waals surface area contributed by atoms with Crippen LogP contribution in [0.25, 0.3) is 0 Å². The van der Waals surface area contributed by atoms with E-state index < -0.39 is 5.38 Å². The van der Waals surface area contributed by atoms with Crippen LogP contribution >= 0.6 is 11.6 Å². The van der Waals surface area contributed by atoms with Gasteiger partial charge < -0.3 is 20.3 Å². The van der Waals surface area contributed by atoms with Crippen LogP contribution in [0, 0.1) is 5.92 Å². The molecule has 142 valence electrons. The first-order valence-corrected chi connectivity index (χ1v) is 8.96. The van der Waals surface area contributed by atoms with Crippen LogP contribution in [0.3, 0.4) is 0 Å². The van der Waals surface area contributed by atoms with Crippen molar-refractivity contribution in [2.24, 2.45) is 5.92 Å². The second kappa shape index (κ2) is 9.43. The summed E-state index contributed by atoms with van der Waals surface area (Å²) in [5, 5.41) is 4.52. The predicted octanol–water partition coefficient (Wildman–Crippen LogP) is 1.62. The van der Waals surface area contributed by atoms with Crippen molar-refractivity contribution >= 4 is 35.0 Å². The number of alkyl halides is 1. The molecule has 1 fully saturated rings. The van der Waals surface area contributed by atoms with Crippen molar-refractivity contribution in [3.8, 4) is 5.75 Å². The summed E-state index contributed by atoms with van der Waals surface area (Å²) >= 11 is 5.85. The van der Waals surface area contributed by atoms with Gasteiger partial charge in [-0.25, -0.2) is 0 Å². The van der Waals surface area contributed by atoms with Crippen molar-refractivity contribution in [1.29, 1.82) is 0 Å². The van der Waals surface area contributed by atoms with Crippen LogP contribution < -0.4 is 15.4 Å². The molecule has 1 aliphatic rings. The lowest BCUT2D eigenvalue weighted by atomic mass is 10.3. The second-order valence-electron chi connectivity index (χ2n) is 6.33. The van der Waals surface area contributed by atoms with Gasteiger partial charge in [-0.3, -0.25) is 14.4 Å². The van der Waals surface area contributed by atoms with Gasteiger partial charge in [0.1, 0.15) is 11.1 Å². The molecule has 26 heavy (non-hydrogen) atoms. The van der Waals surface area contributed by atoms with Gasteiger partial charge in [0.2, 0.25) is 17.7 Å². The number of methoxy groups -OCH3 is 1. The molecule has 3 amide bonds. The molecule has 8 heteroatoms. The number of hydrogen-bond donors (Lipinski definition) is 2. The molecule has 0 spiro atoms. The van der Waals surface area contributed by atoms with Crippen LogP contribution in [0.15, 0.2) is 24.3 Å². The van der Waals surface area contributed by atoms with E-state index in [-0.39, 0.29) is 30.8 Å². The van der Waals surface area contributed by atoms with Crippen LogP contribution in [0.1, 0.15) is 19.8 Å². The summed E-state index contributed by atoms with van der Waals surface area (Å²) in [4.78, 5) is 37.6. The molecule has 1 aromatic rings. The third-order valence-electron chi connectivity index (χ3n) is 3.98. The van der Waals surface area contributed by atoms with Crippen molar-refractivity contribution in [3.05, 3.63) is 24.3 Å². The van der Waals surface area contributed by atoms with Crippen LogP contribution in [0.2, 0.25) is 0 Å². The van der Waals surface area contributed by atoms with Gasteiger partial charge in [0.25, 0.3) is 0 Å². The molecule has 1 aliphatic carbocycles. The number of rotatable bonds is 9. The van der Waals surface area contributed by atoms with Gasteiger partial charge in [-0.1, -0.05) is 0 Å². The highest BCUT2D eigenvalue weighted by Gasteiger charge is 2.29. The Morgan fingerprint density at radius 3 is 2.42 bits per heavy atom. The monoisotopic (exact) mass is 381 g/mol. The molecular formula is C18H24ClN3O4. The van der Waals surface area contributed by atoms with E-state index in [1.54, 1.807) is 38.3 Å². The number of anilines is 1. The lowest BCUT2D eigenvalue weighted by Crippen LogP contribution is -2.45. The van der Waals surface area contributed by atoms with E-state index in [2.05, 4.69) is 10.6 Å². The standard InChI is InChI=1S/C18H24ClN3O4/c1-12(19)18(25)22(10-13-3-4-13)11-17(24)20-9-16(23)21-14-5-7-15(26-2)8-6-14/h5-8,12-13H,3-4,9-11H2,1-2H3,(H,20,24)(H,21,23)/t12-/m0/s1. The van der Waals surface area contributed by atoms with E-state index >= 15 is 0 Å². The molecule has 0 bridgehead atoms. The van der Waals surface area contributed by atoms with Crippen molar-refractivity contribution < 1.29 is 19.1 Å². The molecule has 1 saturated carbocycles. The van der Waals surface area contributed by atoms with Gasteiger partial charge in [0, 0.05) is 12.2 Å². The second-order valence-corrected chi connectivity index (χ2v) is 6.99. The molecule has 0 aromatic heterocycles. The zero-order valence-corrected chi connectivity index (χ0v) is 15.7. The number of carbonyl (C=O) groups excluding carboxylic acids is 3. The van der Waals surface area contributed by atoms with Gasteiger partial charge >= 0.3 is 0 Å². The maximum atomic E-state index is 12.1. The SMILES string of the molecule is COc1ccc(NC(=O)CNC(=O)CN(CC2CC2)C(=O)[C@H](C)Cl)cc1. The predicted molar refractivity (Wildman–Crippen MR) is 99.3 cm³/mol. The Bertz CT molecular complexity index is 644. The Hall–Kier alpha value is -2.28. The lowest BCUT2D eigenvalue weighted by Gasteiger charge is -2.23. The summed E-state index contributed by atoms with van der Waals surface area (Å²) in [5.41, 5.74) is 0.603. The minimum Gasteiger partial charge on any atom is -0.497 e. The summed E-state index contributed by atoms with van der Waals surface area (Å²) in [5.74, 6) is 0.123. The first kappa shape index (κ1) is 20.0. The number of ether oxygens (including phenoxy) is 1. The number of hydrogen-bond acceptors (Lipinski definition) is 4. The average Bonchev–Trinajstić information content (AvgIpc) is 3.43. The Labute approximate surface area is 158 Å². The van der Waals surface area contributed by atoms with Gasteiger partial charge in [-0.05, 0) is 49.9 Å². The minimum atomic E-state index is -0.681. The fourth-order valence-corrected chi connectivity index (χ4v) is 2.52. The number of carbonyl (C=O) groups is 3. The third-order valence-corrected chi connectivity index (χ3v) is 4.17. The first-order chi connectivity index (χ1) is 12.4. The molecule has 1 atom stereocenters. The molecule has 7 nitrogen and oxygen atoms in total. The number of benzene rings is 1. The quantitative estimate of drug-likeness (QED) is 0.636. The highest BCUT2D eigenvalue weighted by Crippen LogP contribution is 2.30. The van der Waals surface area contributed by atoms with Crippen LogP contribution in [0.5, 0.6) is 5.75 Å². The van der Waals surface area contributed by atoms with E-state index in [4.69, 9.17) is 16.3 Å². The molecule has 2 N–H and O–H groups in total. The average molecular weight is 382 g/mol. The largest absolute Gasteiger partial charge is 0.497 e. The van der Waals surface area contributed by atoms with Crippen molar-refractivity contribution in [1.82, 2.24) is 10.2 Å². The van der Waals surface area contributed by atoms with E-state index in [1.807, 2.05) is 0 Å². The van der Waals surface area contributed by atoms with Gasteiger partial charge in [-0.15, -0.1) is 11.6 Å². The fourth-order valence-electron chi connectivity index (χ4n) is 2.38. The van der Waals surface area contributed by atoms with E-state index in [0.717, 1.165) is 12.8 Å². The highest BCUT2D eigenvalue weighted by atomic mass is 35.5. The van der Waals surface area contributed by atoms with Crippen LogP contribution in [0.4, 0.5) is 5.69 Å². The molecule has 0 unspecified atom stereocenters. The first-order valence-electron chi connectivity index (χ1n) is 8.52. The fraction of sp³-hybridized carbons (Fsp3) is 0.500. The number of halogens is 1. The summed E-state index contributed by atoms with van der Waals surface area (Å²) in [6, 6.07) is 6.86. The number of nitrogens with one attached hydrogen (secondary N) is 2. The summed E-state index contributed by atoms with van der Waals surface area (Å²) in [6.07, 6.45) is 2.12. The van der Waals surface area contributed by atoms with Crippen LogP contribution in [-0.4, -0.2) is 54.7 Å². The zero-order valence-electron chi connectivity index (χ0n) is 15.0. The maximum Gasteiger partial charge on any atom is 0.243 e. The molecule has 0 saturated heterocycles. The Morgan fingerprint density at radius 1 is 1.23 bits per heavy atom. The minimum absolute atomic E-state index is 0.0950. The maximum absolute atomic E-state index is 12.1. The van der Waals surface area contributed by atoms with Gasteiger partial charge in [-0.2, -0.15) is 0 Å². The topological polar surface area (TPSA) is 87.7 Å². The molecule has 2 rings (SSSR count). The molecule has 1 aromatic carbocycles. The van der Waals surface area contributed by atoms with Crippen molar-refractivity contribution in [2.75, 3.05) is 32.1 Å². The smallest absolute Gasteiger partial charge is 0.243 e. The van der Waals surface area contributed by atoms with Crippen molar-refractivity contribution in [2.45, 2.75) is 25.1 Å². The van der Waals surface area contributed by atoms with E-state index in [9.17, 15) is 14.4 Å². The normalized spacial score (nSPS) is 14.3.